The van der Waals surface area contributed by atoms with Crippen molar-refractivity contribution in [2.75, 3.05) is 11.4 Å². The Morgan fingerprint density at radius 3 is 2.45 bits per heavy atom. The van der Waals surface area contributed by atoms with E-state index in [4.69, 9.17) is 5.73 Å². The lowest BCUT2D eigenvalue weighted by Crippen LogP contribution is -2.23. The van der Waals surface area contributed by atoms with Crippen molar-refractivity contribution in [1.29, 1.82) is 0 Å². The fourth-order valence-electron chi connectivity index (χ4n) is 2.33. The Balaban J connectivity index is 2.27. The molecule has 0 unspecified atom stereocenters. The molecule has 0 atom stereocenters. The first-order chi connectivity index (χ1) is 9.65. The summed E-state index contributed by atoms with van der Waals surface area (Å²) in [5.41, 5.74) is 9.14. The van der Waals surface area contributed by atoms with Crippen molar-refractivity contribution in [3.63, 3.8) is 0 Å². The summed E-state index contributed by atoms with van der Waals surface area (Å²) in [5.74, 6) is -0.180. The van der Waals surface area contributed by atoms with Crippen LogP contribution in [0.3, 0.4) is 0 Å². The van der Waals surface area contributed by atoms with E-state index in [2.05, 4.69) is 36.9 Å². The highest BCUT2D eigenvalue weighted by atomic mass is 19.1. The Morgan fingerprint density at radius 2 is 1.80 bits per heavy atom. The van der Waals surface area contributed by atoms with Crippen LogP contribution >= 0.6 is 0 Å². The number of nitrogens with zero attached hydrogens (tertiary/aromatic N) is 1. The lowest BCUT2D eigenvalue weighted by molar-refractivity contribution is 0.589. The van der Waals surface area contributed by atoms with Gasteiger partial charge in [0, 0.05) is 36.4 Å². The molecule has 0 aliphatic rings. The van der Waals surface area contributed by atoms with Crippen molar-refractivity contribution in [2.45, 2.75) is 26.9 Å². The largest absolute Gasteiger partial charge is 0.367 e. The van der Waals surface area contributed by atoms with Gasteiger partial charge in [0.15, 0.2) is 0 Å². The lowest BCUT2D eigenvalue weighted by Gasteiger charge is -2.24. The zero-order valence-corrected chi connectivity index (χ0v) is 12.1. The summed E-state index contributed by atoms with van der Waals surface area (Å²) in [6, 6.07) is 13.7. The van der Waals surface area contributed by atoms with E-state index in [0.717, 1.165) is 12.2 Å². The molecule has 0 amide bonds. The Bertz CT molecular complexity index is 581. The minimum Gasteiger partial charge on any atom is -0.367 e. The second-order valence-corrected chi connectivity index (χ2v) is 4.95. The summed E-state index contributed by atoms with van der Waals surface area (Å²) < 4.78 is 14.3. The van der Waals surface area contributed by atoms with E-state index in [1.54, 1.807) is 6.07 Å². The monoisotopic (exact) mass is 272 g/mol. The predicted molar refractivity (Wildman–Crippen MR) is 82.2 cm³/mol. The van der Waals surface area contributed by atoms with Crippen molar-refractivity contribution in [3.05, 3.63) is 65.0 Å². The van der Waals surface area contributed by atoms with Gasteiger partial charge in [-0.25, -0.2) is 4.39 Å². The van der Waals surface area contributed by atoms with E-state index in [1.807, 2.05) is 18.2 Å². The van der Waals surface area contributed by atoms with E-state index >= 15 is 0 Å². The summed E-state index contributed by atoms with van der Waals surface area (Å²) in [7, 11) is 0. The zero-order valence-electron chi connectivity index (χ0n) is 12.1. The van der Waals surface area contributed by atoms with Crippen LogP contribution in [0.1, 0.15) is 23.6 Å². The van der Waals surface area contributed by atoms with Gasteiger partial charge in [-0.2, -0.15) is 0 Å². The van der Waals surface area contributed by atoms with Crippen LogP contribution in [0.5, 0.6) is 0 Å². The molecule has 2 rings (SSSR count). The molecule has 2 aromatic rings. The van der Waals surface area contributed by atoms with Crippen LogP contribution in [0, 0.1) is 12.7 Å². The number of anilines is 1. The van der Waals surface area contributed by atoms with Gasteiger partial charge < -0.3 is 10.6 Å². The average Bonchev–Trinajstić information content (AvgIpc) is 2.46. The Morgan fingerprint density at radius 1 is 1.10 bits per heavy atom. The van der Waals surface area contributed by atoms with Crippen LogP contribution in [0.25, 0.3) is 0 Å². The number of nitrogens with two attached hydrogens (primary N) is 1. The molecule has 0 aliphatic carbocycles. The maximum Gasteiger partial charge on any atom is 0.132 e. The first-order valence-electron chi connectivity index (χ1n) is 6.93. The molecule has 20 heavy (non-hydrogen) atoms. The number of benzene rings is 2. The summed E-state index contributed by atoms with van der Waals surface area (Å²) in [6.45, 7) is 5.76. The minimum absolute atomic E-state index is 0.180. The van der Waals surface area contributed by atoms with Crippen LogP contribution < -0.4 is 10.6 Å². The second-order valence-electron chi connectivity index (χ2n) is 4.95. The van der Waals surface area contributed by atoms with E-state index in [1.165, 1.54) is 5.56 Å². The summed E-state index contributed by atoms with van der Waals surface area (Å²) in [5, 5.41) is 0. The van der Waals surface area contributed by atoms with Gasteiger partial charge in [-0.05, 0) is 31.5 Å². The molecular formula is C17H21FN2. The van der Waals surface area contributed by atoms with Gasteiger partial charge in [-0.1, -0.05) is 30.3 Å². The first kappa shape index (κ1) is 14.5. The Labute approximate surface area is 120 Å². The average molecular weight is 272 g/mol. The number of hydrogen-bond acceptors (Lipinski definition) is 2. The molecule has 0 spiro atoms. The van der Waals surface area contributed by atoms with Crippen molar-refractivity contribution < 1.29 is 4.39 Å². The maximum absolute atomic E-state index is 14.3. The molecule has 0 aromatic heterocycles. The predicted octanol–water partition coefficient (Wildman–Crippen LogP) is 3.62. The Kier molecular flexibility index (Phi) is 4.74. The van der Waals surface area contributed by atoms with Gasteiger partial charge in [0.1, 0.15) is 5.82 Å². The third kappa shape index (κ3) is 3.17. The van der Waals surface area contributed by atoms with Crippen LogP contribution in [0.4, 0.5) is 10.1 Å². The SMILES string of the molecule is CCN(Cc1cccc(CN)c1F)c1cccc(C)c1. The standard InChI is InChI=1S/C17H21FN2/c1-3-20(16-9-4-6-13(2)10-16)12-15-8-5-7-14(11-19)17(15)18/h4-10H,3,11-12,19H2,1-2H3. The molecule has 0 bridgehead atoms. The zero-order chi connectivity index (χ0) is 14.5. The third-order valence-corrected chi connectivity index (χ3v) is 3.49. The molecule has 0 saturated heterocycles. The highest BCUT2D eigenvalue weighted by Gasteiger charge is 2.11. The highest BCUT2D eigenvalue weighted by molar-refractivity contribution is 5.49. The van der Waals surface area contributed by atoms with Crippen LogP contribution in [-0.4, -0.2) is 6.54 Å². The molecule has 0 radical (unpaired) electrons. The first-order valence-corrected chi connectivity index (χ1v) is 6.93. The van der Waals surface area contributed by atoms with Crippen molar-refractivity contribution >= 4 is 5.69 Å². The van der Waals surface area contributed by atoms with Gasteiger partial charge in [0.2, 0.25) is 0 Å². The third-order valence-electron chi connectivity index (χ3n) is 3.49. The van der Waals surface area contributed by atoms with Crippen molar-refractivity contribution in [1.82, 2.24) is 0 Å². The molecule has 2 aromatic carbocycles. The van der Waals surface area contributed by atoms with Gasteiger partial charge >= 0.3 is 0 Å². The van der Waals surface area contributed by atoms with Crippen LogP contribution in [0.15, 0.2) is 42.5 Å². The molecule has 0 aliphatic heterocycles. The molecular weight excluding hydrogens is 251 g/mol. The summed E-state index contributed by atoms with van der Waals surface area (Å²) >= 11 is 0. The molecule has 2 nitrogen and oxygen atoms in total. The fourth-order valence-corrected chi connectivity index (χ4v) is 2.33. The van der Waals surface area contributed by atoms with E-state index in [-0.39, 0.29) is 12.4 Å². The van der Waals surface area contributed by atoms with Crippen molar-refractivity contribution in [3.8, 4) is 0 Å². The number of hydrogen-bond donors (Lipinski definition) is 1. The van der Waals surface area contributed by atoms with E-state index in [9.17, 15) is 4.39 Å². The topological polar surface area (TPSA) is 29.3 Å². The normalized spacial score (nSPS) is 10.6. The van der Waals surface area contributed by atoms with Crippen LogP contribution in [0.2, 0.25) is 0 Å². The molecule has 3 heteroatoms. The molecule has 2 N–H and O–H groups in total. The number of halogens is 1. The molecule has 0 heterocycles. The quantitative estimate of drug-likeness (QED) is 0.900. The number of aryl methyl sites for hydroxylation is 1. The van der Waals surface area contributed by atoms with Gasteiger partial charge in [0.25, 0.3) is 0 Å². The smallest absolute Gasteiger partial charge is 0.132 e. The number of rotatable bonds is 5. The van der Waals surface area contributed by atoms with E-state index < -0.39 is 0 Å². The fraction of sp³-hybridized carbons (Fsp3) is 0.294. The molecule has 106 valence electrons. The minimum atomic E-state index is -0.180. The lowest BCUT2D eigenvalue weighted by atomic mass is 10.1. The van der Waals surface area contributed by atoms with E-state index in [0.29, 0.717) is 17.7 Å². The van der Waals surface area contributed by atoms with Crippen LogP contribution in [-0.2, 0) is 13.1 Å². The summed E-state index contributed by atoms with van der Waals surface area (Å²) in [4.78, 5) is 2.16. The molecule has 0 saturated carbocycles. The van der Waals surface area contributed by atoms with Gasteiger partial charge in [-0.3, -0.25) is 0 Å². The summed E-state index contributed by atoms with van der Waals surface area (Å²) in [6.07, 6.45) is 0. The molecule has 0 fully saturated rings. The van der Waals surface area contributed by atoms with Gasteiger partial charge in [-0.15, -0.1) is 0 Å². The maximum atomic E-state index is 14.3. The highest BCUT2D eigenvalue weighted by Crippen LogP contribution is 2.21. The second kappa shape index (κ2) is 6.53. The van der Waals surface area contributed by atoms with Crippen molar-refractivity contribution in [2.24, 2.45) is 5.73 Å². The Hall–Kier alpha value is -1.87. The van der Waals surface area contributed by atoms with Gasteiger partial charge in [0.05, 0.1) is 0 Å².